The molecule has 0 saturated carbocycles. The summed E-state index contributed by atoms with van der Waals surface area (Å²) in [6, 6.07) is 35.7. The van der Waals surface area contributed by atoms with Gasteiger partial charge in [0.1, 0.15) is 5.69 Å². The molecule has 0 unspecified atom stereocenters. The quantitative estimate of drug-likeness (QED) is 0.264. The Morgan fingerprint density at radius 1 is 0.657 bits per heavy atom. The van der Waals surface area contributed by atoms with Crippen LogP contribution in [0.4, 0.5) is 22.7 Å². The number of benzene rings is 4. The first-order chi connectivity index (χ1) is 17.2. The third-order valence-electron chi connectivity index (χ3n) is 6.51. The highest BCUT2D eigenvalue weighted by atomic mass is 16.6. The fourth-order valence-corrected chi connectivity index (χ4v) is 4.66. The molecule has 176 valence electrons. The van der Waals surface area contributed by atoms with Gasteiger partial charge < -0.3 is 15.1 Å². The van der Waals surface area contributed by atoms with Crippen LogP contribution in [0.1, 0.15) is 17.2 Å². The van der Waals surface area contributed by atoms with Gasteiger partial charge in [-0.3, -0.25) is 10.1 Å². The number of nitro benzene ring substituents is 1. The Labute approximate surface area is 205 Å². The summed E-state index contributed by atoms with van der Waals surface area (Å²) in [6.45, 7) is 3.51. The van der Waals surface area contributed by atoms with Gasteiger partial charge in [0.05, 0.1) is 11.0 Å². The van der Waals surface area contributed by atoms with Crippen molar-refractivity contribution < 1.29 is 4.92 Å². The van der Waals surface area contributed by atoms with Crippen LogP contribution in [0.15, 0.2) is 109 Å². The van der Waals surface area contributed by atoms with Crippen LogP contribution >= 0.6 is 0 Å². The number of rotatable bonds is 7. The van der Waals surface area contributed by atoms with Crippen LogP contribution in [0.3, 0.4) is 0 Å². The number of nitrogens with one attached hydrogen (secondary N) is 1. The molecular weight excluding hydrogens is 436 g/mol. The van der Waals surface area contributed by atoms with E-state index in [-0.39, 0.29) is 16.7 Å². The van der Waals surface area contributed by atoms with Crippen LogP contribution < -0.4 is 15.1 Å². The van der Waals surface area contributed by atoms with E-state index in [4.69, 9.17) is 0 Å². The number of hydrogen-bond acceptors (Lipinski definition) is 5. The fraction of sp³-hybridized carbons (Fsp3) is 0.172. The van der Waals surface area contributed by atoms with Gasteiger partial charge in [-0.25, -0.2) is 0 Å². The van der Waals surface area contributed by atoms with E-state index in [0.29, 0.717) is 5.69 Å². The van der Waals surface area contributed by atoms with E-state index < -0.39 is 0 Å². The zero-order valence-corrected chi connectivity index (χ0v) is 19.5. The predicted molar refractivity (Wildman–Crippen MR) is 142 cm³/mol. The van der Waals surface area contributed by atoms with E-state index in [1.807, 2.05) is 78.9 Å². The van der Waals surface area contributed by atoms with E-state index in [1.165, 1.54) is 5.69 Å². The molecule has 0 atom stereocenters. The van der Waals surface area contributed by atoms with E-state index in [0.717, 1.165) is 43.0 Å². The molecule has 5 rings (SSSR count). The number of para-hydroxylation sites is 1. The molecule has 0 spiro atoms. The maximum atomic E-state index is 11.9. The Morgan fingerprint density at radius 3 is 1.66 bits per heavy atom. The first kappa shape index (κ1) is 22.5. The summed E-state index contributed by atoms with van der Waals surface area (Å²) in [6.07, 6.45) is 0. The van der Waals surface area contributed by atoms with Crippen LogP contribution in [0.2, 0.25) is 0 Å². The Kier molecular flexibility index (Phi) is 6.61. The van der Waals surface area contributed by atoms with Crippen molar-refractivity contribution >= 4 is 22.7 Å². The lowest BCUT2D eigenvalue weighted by atomic mass is 9.98. The maximum Gasteiger partial charge on any atom is 0.292 e. The first-order valence-electron chi connectivity index (χ1n) is 11.9. The summed E-state index contributed by atoms with van der Waals surface area (Å²) in [5, 5.41) is 15.4. The van der Waals surface area contributed by atoms with E-state index >= 15 is 0 Å². The second-order valence-electron chi connectivity index (χ2n) is 8.67. The van der Waals surface area contributed by atoms with Gasteiger partial charge in [0, 0.05) is 43.6 Å². The van der Waals surface area contributed by atoms with Crippen LogP contribution in [-0.2, 0) is 0 Å². The minimum Gasteiger partial charge on any atom is -0.369 e. The highest BCUT2D eigenvalue weighted by Gasteiger charge is 2.23. The predicted octanol–water partition coefficient (Wildman–Crippen LogP) is 6.12. The van der Waals surface area contributed by atoms with E-state index in [1.54, 1.807) is 6.07 Å². The van der Waals surface area contributed by atoms with Gasteiger partial charge >= 0.3 is 0 Å². The molecule has 0 aromatic heterocycles. The van der Waals surface area contributed by atoms with Crippen molar-refractivity contribution in [1.29, 1.82) is 0 Å². The Hall–Kier alpha value is -4.32. The molecule has 1 aliphatic rings. The van der Waals surface area contributed by atoms with Crippen molar-refractivity contribution in [3.05, 3.63) is 130 Å². The maximum absolute atomic E-state index is 11.9. The Morgan fingerprint density at radius 2 is 1.14 bits per heavy atom. The number of piperazine rings is 1. The summed E-state index contributed by atoms with van der Waals surface area (Å²) in [7, 11) is 0. The molecule has 1 saturated heterocycles. The lowest BCUT2D eigenvalue weighted by Gasteiger charge is -2.37. The van der Waals surface area contributed by atoms with Crippen LogP contribution in [-0.4, -0.2) is 31.1 Å². The highest BCUT2D eigenvalue weighted by Crippen LogP contribution is 2.35. The molecule has 35 heavy (non-hydrogen) atoms. The molecule has 0 bridgehead atoms. The summed E-state index contributed by atoms with van der Waals surface area (Å²) in [4.78, 5) is 16.3. The lowest BCUT2D eigenvalue weighted by molar-refractivity contribution is -0.384. The van der Waals surface area contributed by atoms with E-state index in [9.17, 15) is 10.1 Å². The third-order valence-corrected chi connectivity index (χ3v) is 6.51. The number of nitrogens with zero attached hydrogens (tertiary/aromatic N) is 3. The molecule has 0 radical (unpaired) electrons. The summed E-state index contributed by atoms with van der Waals surface area (Å²) < 4.78 is 0. The molecule has 1 heterocycles. The molecule has 6 nitrogen and oxygen atoms in total. The Balaban J connectivity index is 1.42. The monoisotopic (exact) mass is 464 g/mol. The van der Waals surface area contributed by atoms with Crippen molar-refractivity contribution in [3.8, 4) is 0 Å². The van der Waals surface area contributed by atoms with Crippen molar-refractivity contribution in [1.82, 2.24) is 0 Å². The van der Waals surface area contributed by atoms with Crippen molar-refractivity contribution in [2.45, 2.75) is 6.04 Å². The van der Waals surface area contributed by atoms with Crippen LogP contribution in [0, 0.1) is 10.1 Å². The van der Waals surface area contributed by atoms with Gasteiger partial charge in [-0.15, -0.1) is 0 Å². The van der Waals surface area contributed by atoms with Gasteiger partial charge in [-0.05, 0) is 35.4 Å². The molecule has 6 heteroatoms. The normalized spacial score (nSPS) is 13.6. The van der Waals surface area contributed by atoms with Gasteiger partial charge in [-0.1, -0.05) is 78.9 Å². The van der Waals surface area contributed by atoms with Gasteiger partial charge in [0.25, 0.3) is 5.69 Å². The Bertz CT molecular complexity index is 1220. The molecule has 4 aromatic rings. The largest absolute Gasteiger partial charge is 0.369 e. The molecule has 4 aromatic carbocycles. The summed E-state index contributed by atoms with van der Waals surface area (Å²) in [5.74, 6) is 0. The highest BCUT2D eigenvalue weighted by molar-refractivity contribution is 5.70. The average molecular weight is 465 g/mol. The summed E-state index contributed by atoms with van der Waals surface area (Å²) >= 11 is 0. The summed E-state index contributed by atoms with van der Waals surface area (Å²) in [5.41, 5.74) is 4.92. The molecule has 1 aliphatic heterocycles. The number of hydrogen-bond donors (Lipinski definition) is 1. The SMILES string of the molecule is O=[N+]([O-])c1ccc(N2CCN(c3ccccc3)CC2)cc1NC(c1ccccc1)c1ccccc1. The molecule has 1 N–H and O–H groups in total. The standard InChI is InChI=1S/C29H28N4O2/c34-33(35)28-17-16-26(32-20-18-31(19-21-32)25-14-8-3-9-15-25)22-27(28)30-29(23-10-4-1-5-11-23)24-12-6-2-7-13-24/h1-17,22,29-30H,18-21H2. The molecule has 0 aliphatic carbocycles. The van der Waals surface area contributed by atoms with Crippen LogP contribution in [0.25, 0.3) is 0 Å². The molecular formula is C29H28N4O2. The van der Waals surface area contributed by atoms with Gasteiger partial charge in [0.15, 0.2) is 0 Å². The molecule has 0 amide bonds. The number of anilines is 3. The second kappa shape index (κ2) is 10.3. The second-order valence-corrected chi connectivity index (χ2v) is 8.67. The minimum atomic E-state index is -0.313. The lowest BCUT2D eigenvalue weighted by Crippen LogP contribution is -2.46. The third kappa shape index (κ3) is 5.11. The molecule has 1 fully saturated rings. The number of nitro groups is 1. The smallest absolute Gasteiger partial charge is 0.292 e. The van der Waals surface area contributed by atoms with Crippen molar-refractivity contribution in [3.63, 3.8) is 0 Å². The average Bonchev–Trinajstić information content (AvgIpc) is 2.93. The van der Waals surface area contributed by atoms with Gasteiger partial charge in [-0.2, -0.15) is 0 Å². The van der Waals surface area contributed by atoms with Crippen LogP contribution in [0.5, 0.6) is 0 Å². The fourth-order valence-electron chi connectivity index (χ4n) is 4.66. The first-order valence-corrected chi connectivity index (χ1v) is 11.9. The minimum absolute atomic E-state index is 0.0773. The topological polar surface area (TPSA) is 61.7 Å². The van der Waals surface area contributed by atoms with Gasteiger partial charge in [0.2, 0.25) is 0 Å². The van der Waals surface area contributed by atoms with Crippen molar-refractivity contribution in [2.75, 3.05) is 41.3 Å². The van der Waals surface area contributed by atoms with Crippen molar-refractivity contribution in [2.24, 2.45) is 0 Å². The zero-order chi connectivity index (χ0) is 24.0. The van der Waals surface area contributed by atoms with E-state index in [2.05, 4.69) is 39.4 Å². The zero-order valence-electron chi connectivity index (χ0n) is 19.5.